The van der Waals surface area contributed by atoms with Crippen LogP contribution >= 0.6 is 0 Å². The Hall–Kier alpha value is -4.63. The van der Waals surface area contributed by atoms with Crippen LogP contribution in [-0.4, -0.2) is 51.4 Å². The summed E-state index contributed by atoms with van der Waals surface area (Å²) in [6.07, 6.45) is 0.261. The van der Waals surface area contributed by atoms with Crippen molar-refractivity contribution in [3.63, 3.8) is 0 Å². The summed E-state index contributed by atoms with van der Waals surface area (Å²) in [6, 6.07) is 32.5. The number of carbonyl (C=O) groups is 2. The highest BCUT2D eigenvalue weighted by atomic mass is 32.2. The zero-order chi connectivity index (χ0) is 31.5. The van der Waals surface area contributed by atoms with Crippen molar-refractivity contribution >= 4 is 27.5 Å². The molecule has 0 aromatic heterocycles. The summed E-state index contributed by atoms with van der Waals surface area (Å²) in [5, 5.41) is 3.00. The van der Waals surface area contributed by atoms with Crippen LogP contribution in [0.3, 0.4) is 0 Å². The lowest BCUT2D eigenvalue weighted by Gasteiger charge is -2.34. The molecule has 8 nitrogen and oxygen atoms in total. The SMILES string of the molecule is COc1ccc(N(CC(=O)N(Cc2ccccc2)C(Cc2ccccc2)C(=O)NCC(C)C)S(=O)(=O)c2ccccc2)cc1. The van der Waals surface area contributed by atoms with E-state index >= 15 is 0 Å². The van der Waals surface area contributed by atoms with Crippen LogP contribution in [-0.2, 0) is 32.6 Å². The predicted molar refractivity (Wildman–Crippen MR) is 173 cm³/mol. The van der Waals surface area contributed by atoms with Gasteiger partial charge in [-0.25, -0.2) is 8.42 Å². The average Bonchev–Trinajstić information content (AvgIpc) is 3.05. The maximum absolute atomic E-state index is 14.4. The van der Waals surface area contributed by atoms with Crippen molar-refractivity contribution in [2.45, 2.75) is 37.8 Å². The molecule has 0 saturated carbocycles. The van der Waals surface area contributed by atoms with E-state index in [0.29, 0.717) is 18.0 Å². The van der Waals surface area contributed by atoms with Gasteiger partial charge in [-0.15, -0.1) is 0 Å². The average molecular weight is 614 g/mol. The first kappa shape index (κ1) is 32.3. The Morgan fingerprint density at radius 3 is 1.86 bits per heavy atom. The summed E-state index contributed by atoms with van der Waals surface area (Å²) < 4.78 is 34.4. The first-order valence-corrected chi connectivity index (χ1v) is 16.0. The molecule has 0 spiro atoms. The van der Waals surface area contributed by atoms with E-state index < -0.39 is 28.5 Å². The highest BCUT2D eigenvalue weighted by Gasteiger charge is 2.34. The third-order valence-corrected chi connectivity index (χ3v) is 8.91. The van der Waals surface area contributed by atoms with Gasteiger partial charge in [0.2, 0.25) is 11.8 Å². The summed E-state index contributed by atoms with van der Waals surface area (Å²) in [5.74, 6) is -0.0534. The molecule has 0 aliphatic heterocycles. The lowest BCUT2D eigenvalue weighted by Crippen LogP contribution is -2.53. The van der Waals surface area contributed by atoms with E-state index in [1.807, 2.05) is 74.5 Å². The molecule has 44 heavy (non-hydrogen) atoms. The number of ether oxygens (including phenoxy) is 1. The van der Waals surface area contributed by atoms with Gasteiger partial charge in [0, 0.05) is 19.5 Å². The van der Waals surface area contributed by atoms with Crippen LogP contribution in [0.2, 0.25) is 0 Å². The first-order chi connectivity index (χ1) is 21.2. The van der Waals surface area contributed by atoms with Crippen LogP contribution in [0.5, 0.6) is 5.75 Å². The number of hydrogen-bond acceptors (Lipinski definition) is 5. The highest BCUT2D eigenvalue weighted by molar-refractivity contribution is 7.92. The van der Waals surface area contributed by atoms with Crippen molar-refractivity contribution in [2.24, 2.45) is 5.92 Å². The molecule has 1 unspecified atom stereocenters. The van der Waals surface area contributed by atoms with E-state index in [4.69, 9.17) is 4.74 Å². The number of nitrogens with zero attached hydrogens (tertiary/aromatic N) is 2. The minimum Gasteiger partial charge on any atom is -0.497 e. The Labute approximate surface area is 260 Å². The molecule has 0 bridgehead atoms. The fraction of sp³-hybridized carbons (Fsp3) is 0.257. The van der Waals surface area contributed by atoms with Gasteiger partial charge in [0.1, 0.15) is 18.3 Å². The van der Waals surface area contributed by atoms with Gasteiger partial charge in [-0.05, 0) is 53.4 Å². The van der Waals surface area contributed by atoms with E-state index in [0.717, 1.165) is 15.4 Å². The number of hydrogen-bond donors (Lipinski definition) is 1. The van der Waals surface area contributed by atoms with Gasteiger partial charge >= 0.3 is 0 Å². The Morgan fingerprint density at radius 2 is 1.32 bits per heavy atom. The van der Waals surface area contributed by atoms with Gasteiger partial charge in [-0.3, -0.25) is 13.9 Å². The van der Waals surface area contributed by atoms with Gasteiger partial charge in [0.25, 0.3) is 10.0 Å². The molecule has 2 amide bonds. The molecule has 230 valence electrons. The van der Waals surface area contributed by atoms with Crippen LogP contribution in [0.4, 0.5) is 5.69 Å². The number of carbonyl (C=O) groups excluding carboxylic acids is 2. The van der Waals surface area contributed by atoms with Crippen molar-refractivity contribution in [3.8, 4) is 5.75 Å². The third-order valence-electron chi connectivity index (χ3n) is 7.12. The minimum atomic E-state index is -4.16. The molecule has 0 heterocycles. The summed E-state index contributed by atoms with van der Waals surface area (Å²) in [7, 11) is -2.63. The molecule has 1 atom stereocenters. The van der Waals surface area contributed by atoms with E-state index in [2.05, 4.69) is 5.32 Å². The number of sulfonamides is 1. The van der Waals surface area contributed by atoms with E-state index in [1.54, 1.807) is 42.5 Å². The van der Waals surface area contributed by atoms with Crippen LogP contribution in [0.1, 0.15) is 25.0 Å². The fourth-order valence-electron chi connectivity index (χ4n) is 4.75. The Morgan fingerprint density at radius 1 is 0.773 bits per heavy atom. The minimum absolute atomic E-state index is 0.0498. The molecule has 0 aliphatic rings. The standard InChI is InChI=1S/C35H39N3O5S/c1-27(2)24-36-35(40)33(23-28-13-7-4-8-14-28)37(25-29-15-9-5-10-16-29)34(39)26-38(30-19-21-31(43-3)22-20-30)44(41,42)32-17-11-6-12-18-32/h4-22,27,33H,23-26H2,1-3H3,(H,36,40). The lowest BCUT2D eigenvalue weighted by atomic mass is 10.0. The third kappa shape index (κ3) is 8.48. The maximum atomic E-state index is 14.4. The molecule has 9 heteroatoms. The number of methoxy groups -OCH3 is 1. The van der Waals surface area contributed by atoms with Crippen molar-refractivity contribution in [1.82, 2.24) is 10.2 Å². The molecule has 0 fully saturated rings. The van der Waals surface area contributed by atoms with Gasteiger partial charge in [0.15, 0.2) is 0 Å². The largest absolute Gasteiger partial charge is 0.497 e. The second-order valence-corrected chi connectivity index (χ2v) is 12.7. The van der Waals surface area contributed by atoms with E-state index in [9.17, 15) is 18.0 Å². The second-order valence-electron chi connectivity index (χ2n) is 10.9. The quantitative estimate of drug-likeness (QED) is 0.208. The highest BCUT2D eigenvalue weighted by Crippen LogP contribution is 2.27. The van der Waals surface area contributed by atoms with E-state index in [1.165, 1.54) is 24.1 Å². The zero-order valence-electron chi connectivity index (χ0n) is 25.3. The van der Waals surface area contributed by atoms with Gasteiger partial charge in [0.05, 0.1) is 17.7 Å². The van der Waals surface area contributed by atoms with Crippen LogP contribution in [0.25, 0.3) is 0 Å². The van der Waals surface area contributed by atoms with Crippen LogP contribution < -0.4 is 14.4 Å². The molecular formula is C35H39N3O5S. The first-order valence-electron chi connectivity index (χ1n) is 14.6. The number of benzene rings is 4. The van der Waals surface area contributed by atoms with Crippen molar-refractivity contribution in [1.29, 1.82) is 0 Å². The summed E-state index contributed by atoms with van der Waals surface area (Å²) in [6.45, 7) is 4.05. The normalized spacial score (nSPS) is 11.9. The summed E-state index contributed by atoms with van der Waals surface area (Å²) >= 11 is 0. The molecule has 4 aromatic rings. The topological polar surface area (TPSA) is 96.0 Å². The molecule has 1 N–H and O–H groups in total. The van der Waals surface area contributed by atoms with Crippen molar-refractivity contribution < 1.29 is 22.7 Å². The van der Waals surface area contributed by atoms with Gasteiger partial charge in [-0.2, -0.15) is 0 Å². The number of nitrogens with one attached hydrogen (secondary N) is 1. The monoisotopic (exact) mass is 613 g/mol. The molecule has 4 rings (SSSR count). The van der Waals surface area contributed by atoms with Gasteiger partial charge in [-0.1, -0.05) is 92.7 Å². The predicted octanol–water partition coefficient (Wildman–Crippen LogP) is 5.30. The Balaban J connectivity index is 1.77. The molecular weight excluding hydrogens is 574 g/mol. The summed E-state index contributed by atoms with van der Waals surface area (Å²) in [5.41, 5.74) is 2.00. The number of amides is 2. The van der Waals surface area contributed by atoms with Crippen molar-refractivity contribution in [3.05, 3.63) is 126 Å². The van der Waals surface area contributed by atoms with Crippen molar-refractivity contribution in [2.75, 3.05) is 24.5 Å². The smallest absolute Gasteiger partial charge is 0.264 e. The number of anilines is 1. The number of rotatable bonds is 14. The molecule has 0 aliphatic carbocycles. The molecule has 0 saturated heterocycles. The van der Waals surface area contributed by atoms with E-state index in [-0.39, 0.29) is 29.7 Å². The second kappa shape index (κ2) is 15.2. The summed E-state index contributed by atoms with van der Waals surface area (Å²) in [4.78, 5) is 29.7. The zero-order valence-corrected chi connectivity index (χ0v) is 26.1. The Bertz CT molecular complexity index is 1600. The Kier molecular flexibility index (Phi) is 11.2. The van der Waals surface area contributed by atoms with Crippen LogP contribution in [0, 0.1) is 5.92 Å². The maximum Gasteiger partial charge on any atom is 0.264 e. The van der Waals surface area contributed by atoms with Gasteiger partial charge < -0.3 is 15.0 Å². The lowest BCUT2D eigenvalue weighted by molar-refractivity contribution is -0.140. The molecule has 0 radical (unpaired) electrons. The van der Waals surface area contributed by atoms with Crippen LogP contribution in [0.15, 0.2) is 120 Å². The fourth-order valence-corrected chi connectivity index (χ4v) is 6.19. The molecule has 4 aromatic carbocycles.